The number of aromatic nitrogens is 2. The van der Waals surface area contributed by atoms with Crippen LogP contribution < -0.4 is 5.73 Å². The van der Waals surface area contributed by atoms with E-state index in [1.807, 2.05) is 0 Å². The third-order valence-electron chi connectivity index (χ3n) is 3.72. The number of fused-ring (bicyclic) bond motifs is 3. The highest BCUT2D eigenvalue weighted by atomic mass is 19.1. The van der Waals surface area contributed by atoms with Gasteiger partial charge in [-0.25, -0.2) is 18.7 Å². The van der Waals surface area contributed by atoms with Crippen LogP contribution in [-0.2, 0) is 0 Å². The van der Waals surface area contributed by atoms with Crippen LogP contribution in [0.1, 0.15) is 15.9 Å². The second kappa shape index (κ2) is 4.67. The van der Waals surface area contributed by atoms with E-state index in [1.54, 1.807) is 24.3 Å². The predicted octanol–water partition coefficient (Wildman–Crippen LogP) is 3.22. The van der Waals surface area contributed by atoms with E-state index in [0.29, 0.717) is 16.8 Å². The molecule has 2 aromatic carbocycles. The van der Waals surface area contributed by atoms with Crippen molar-refractivity contribution in [2.75, 3.05) is 5.73 Å². The fraction of sp³-hybridized carbons (Fsp3) is 0. The standard InChI is InChI=1S/C17H9F2N3O/c18-9-5-8(6-10(19)7-9)14-13-15(22-17(20)21-14)11-3-1-2-4-12(11)16(13)23/h1-7H,(H2,20,21,22). The first-order valence-corrected chi connectivity index (χ1v) is 6.82. The number of anilines is 1. The summed E-state index contributed by atoms with van der Waals surface area (Å²) in [6, 6.07) is 9.92. The molecule has 0 saturated heterocycles. The second-order valence-corrected chi connectivity index (χ2v) is 5.19. The first-order chi connectivity index (χ1) is 11.0. The minimum absolute atomic E-state index is 0.0621. The monoisotopic (exact) mass is 309 g/mol. The molecule has 0 radical (unpaired) electrons. The lowest BCUT2D eigenvalue weighted by molar-refractivity contribution is 0.104. The molecular formula is C17H9F2N3O. The molecule has 1 aromatic heterocycles. The maximum Gasteiger partial charge on any atom is 0.221 e. The number of hydrogen-bond acceptors (Lipinski definition) is 4. The number of hydrogen-bond donors (Lipinski definition) is 1. The molecule has 6 heteroatoms. The number of carbonyl (C=O) groups excluding carboxylic acids is 1. The molecule has 0 bridgehead atoms. The second-order valence-electron chi connectivity index (χ2n) is 5.19. The third-order valence-corrected chi connectivity index (χ3v) is 3.72. The Balaban J connectivity index is 2.05. The largest absolute Gasteiger partial charge is 0.368 e. The van der Waals surface area contributed by atoms with E-state index in [9.17, 15) is 13.6 Å². The molecule has 0 fully saturated rings. The molecule has 112 valence electrons. The zero-order valence-electron chi connectivity index (χ0n) is 11.7. The van der Waals surface area contributed by atoms with E-state index in [1.165, 1.54) is 0 Å². The quantitative estimate of drug-likeness (QED) is 0.586. The van der Waals surface area contributed by atoms with Gasteiger partial charge in [-0.15, -0.1) is 0 Å². The molecule has 0 amide bonds. The van der Waals surface area contributed by atoms with Gasteiger partial charge in [0.2, 0.25) is 5.95 Å². The molecule has 0 spiro atoms. The molecule has 1 aliphatic rings. The van der Waals surface area contributed by atoms with Gasteiger partial charge in [-0.3, -0.25) is 4.79 Å². The van der Waals surface area contributed by atoms with Crippen LogP contribution in [0.25, 0.3) is 22.5 Å². The molecule has 3 aromatic rings. The summed E-state index contributed by atoms with van der Waals surface area (Å²) in [5.41, 5.74) is 7.72. The number of carbonyl (C=O) groups is 1. The smallest absolute Gasteiger partial charge is 0.221 e. The highest BCUT2D eigenvalue weighted by Gasteiger charge is 2.32. The summed E-state index contributed by atoms with van der Waals surface area (Å²) < 4.78 is 27.1. The van der Waals surface area contributed by atoms with E-state index in [0.717, 1.165) is 18.2 Å². The molecule has 2 N–H and O–H groups in total. The van der Waals surface area contributed by atoms with Gasteiger partial charge in [-0.2, -0.15) is 0 Å². The van der Waals surface area contributed by atoms with Crippen LogP contribution in [0.5, 0.6) is 0 Å². The zero-order valence-corrected chi connectivity index (χ0v) is 11.7. The Morgan fingerprint density at radius 2 is 1.48 bits per heavy atom. The fourth-order valence-corrected chi connectivity index (χ4v) is 2.81. The number of rotatable bonds is 1. The number of nitrogens with two attached hydrogens (primary N) is 1. The van der Waals surface area contributed by atoms with Gasteiger partial charge >= 0.3 is 0 Å². The molecule has 0 aliphatic heterocycles. The molecule has 4 rings (SSSR count). The zero-order chi connectivity index (χ0) is 16.1. The van der Waals surface area contributed by atoms with Crippen LogP contribution in [0.4, 0.5) is 14.7 Å². The van der Waals surface area contributed by atoms with E-state index in [-0.39, 0.29) is 28.6 Å². The predicted molar refractivity (Wildman–Crippen MR) is 80.7 cm³/mol. The third kappa shape index (κ3) is 1.99. The summed E-state index contributed by atoms with van der Waals surface area (Å²) in [4.78, 5) is 20.8. The highest BCUT2D eigenvalue weighted by Crippen LogP contribution is 2.40. The average molecular weight is 309 g/mol. The Morgan fingerprint density at radius 1 is 0.870 bits per heavy atom. The lowest BCUT2D eigenvalue weighted by Gasteiger charge is -2.08. The first-order valence-electron chi connectivity index (χ1n) is 6.82. The number of nitrogens with zero attached hydrogens (tertiary/aromatic N) is 2. The van der Waals surface area contributed by atoms with Crippen molar-refractivity contribution < 1.29 is 13.6 Å². The molecule has 1 aliphatic carbocycles. The van der Waals surface area contributed by atoms with Gasteiger partial charge < -0.3 is 5.73 Å². The van der Waals surface area contributed by atoms with E-state index in [2.05, 4.69) is 9.97 Å². The van der Waals surface area contributed by atoms with Crippen LogP contribution in [0.15, 0.2) is 42.5 Å². The van der Waals surface area contributed by atoms with Gasteiger partial charge in [-0.1, -0.05) is 24.3 Å². The van der Waals surface area contributed by atoms with Crippen LogP contribution >= 0.6 is 0 Å². The average Bonchev–Trinajstić information content (AvgIpc) is 2.79. The van der Waals surface area contributed by atoms with Crippen LogP contribution in [0.3, 0.4) is 0 Å². The van der Waals surface area contributed by atoms with Gasteiger partial charge in [0.25, 0.3) is 0 Å². The van der Waals surface area contributed by atoms with E-state index in [4.69, 9.17) is 5.73 Å². The topological polar surface area (TPSA) is 68.9 Å². The lowest BCUT2D eigenvalue weighted by Crippen LogP contribution is -2.05. The van der Waals surface area contributed by atoms with Crippen LogP contribution in [0, 0.1) is 11.6 Å². The van der Waals surface area contributed by atoms with Crippen molar-refractivity contribution in [3.8, 4) is 22.5 Å². The van der Waals surface area contributed by atoms with Crippen LogP contribution in [0.2, 0.25) is 0 Å². The normalized spacial score (nSPS) is 12.2. The Bertz CT molecular complexity index is 965. The Labute approximate surface area is 129 Å². The Morgan fingerprint density at radius 3 is 2.17 bits per heavy atom. The number of halogens is 2. The minimum atomic E-state index is -0.756. The summed E-state index contributed by atoms with van der Waals surface area (Å²) in [5.74, 6) is -1.86. The van der Waals surface area contributed by atoms with Crippen LogP contribution in [-0.4, -0.2) is 15.8 Å². The molecule has 23 heavy (non-hydrogen) atoms. The molecule has 0 atom stereocenters. The van der Waals surface area contributed by atoms with Crippen molar-refractivity contribution in [1.29, 1.82) is 0 Å². The van der Waals surface area contributed by atoms with Gasteiger partial charge in [0.05, 0.1) is 17.0 Å². The maximum atomic E-state index is 13.5. The van der Waals surface area contributed by atoms with Crippen molar-refractivity contribution in [1.82, 2.24) is 9.97 Å². The van der Waals surface area contributed by atoms with Gasteiger partial charge in [0.1, 0.15) is 11.6 Å². The maximum absolute atomic E-state index is 13.5. The molecular weight excluding hydrogens is 300 g/mol. The van der Waals surface area contributed by atoms with Crippen molar-refractivity contribution in [3.05, 3.63) is 65.2 Å². The molecule has 0 unspecified atom stereocenters. The number of ketones is 1. The van der Waals surface area contributed by atoms with Crippen molar-refractivity contribution in [2.45, 2.75) is 0 Å². The summed E-state index contributed by atoms with van der Waals surface area (Å²) >= 11 is 0. The minimum Gasteiger partial charge on any atom is -0.368 e. The van der Waals surface area contributed by atoms with Crippen molar-refractivity contribution in [3.63, 3.8) is 0 Å². The number of benzene rings is 2. The highest BCUT2D eigenvalue weighted by molar-refractivity contribution is 6.23. The van der Waals surface area contributed by atoms with Crippen molar-refractivity contribution >= 4 is 11.7 Å². The van der Waals surface area contributed by atoms with E-state index >= 15 is 0 Å². The fourth-order valence-electron chi connectivity index (χ4n) is 2.81. The molecule has 0 saturated carbocycles. The SMILES string of the molecule is Nc1nc(-c2cc(F)cc(F)c2)c2c(n1)-c1ccccc1C2=O. The van der Waals surface area contributed by atoms with Gasteiger partial charge in [0.15, 0.2) is 5.78 Å². The van der Waals surface area contributed by atoms with Gasteiger partial charge in [-0.05, 0) is 12.1 Å². The Kier molecular flexibility index (Phi) is 2.74. The summed E-state index contributed by atoms with van der Waals surface area (Å²) in [5, 5.41) is 0. The molecule has 4 nitrogen and oxygen atoms in total. The van der Waals surface area contributed by atoms with E-state index < -0.39 is 11.6 Å². The lowest BCUT2D eigenvalue weighted by atomic mass is 10.0. The summed E-state index contributed by atoms with van der Waals surface area (Å²) in [7, 11) is 0. The van der Waals surface area contributed by atoms with Crippen molar-refractivity contribution in [2.24, 2.45) is 0 Å². The number of nitrogen functional groups attached to an aromatic ring is 1. The van der Waals surface area contributed by atoms with Gasteiger partial charge in [0, 0.05) is 22.8 Å². The summed E-state index contributed by atoms with van der Waals surface area (Å²) in [6.07, 6.45) is 0. The molecule has 1 heterocycles. The summed E-state index contributed by atoms with van der Waals surface area (Å²) in [6.45, 7) is 0. The first kappa shape index (κ1) is 13.5. The Hall–Kier alpha value is -3.15.